The Kier molecular flexibility index (Phi) is 5.02. The third kappa shape index (κ3) is 3.72. The summed E-state index contributed by atoms with van der Waals surface area (Å²) in [5.74, 6) is 1.60. The first-order chi connectivity index (χ1) is 8.79. The SMILES string of the molecule is NCC(O)c1ccc(OCC2CCCCC2)cc1. The number of aliphatic hydroxyl groups is 1. The Morgan fingerprint density at radius 1 is 1.17 bits per heavy atom. The Labute approximate surface area is 109 Å². The summed E-state index contributed by atoms with van der Waals surface area (Å²) in [7, 11) is 0. The Morgan fingerprint density at radius 3 is 2.44 bits per heavy atom. The normalized spacial score (nSPS) is 18.6. The van der Waals surface area contributed by atoms with Crippen molar-refractivity contribution in [2.75, 3.05) is 13.2 Å². The molecule has 18 heavy (non-hydrogen) atoms. The van der Waals surface area contributed by atoms with Crippen LogP contribution in [0.5, 0.6) is 5.75 Å². The smallest absolute Gasteiger partial charge is 0.119 e. The molecular weight excluding hydrogens is 226 g/mol. The van der Waals surface area contributed by atoms with Crippen molar-refractivity contribution in [3.05, 3.63) is 29.8 Å². The molecule has 0 aliphatic heterocycles. The molecule has 3 nitrogen and oxygen atoms in total. The van der Waals surface area contributed by atoms with Crippen LogP contribution >= 0.6 is 0 Å². The van der Waals surface area contributed by atoms with E-state index in [2.05, 4.69) is 0 Å². The molecule has 1 aromatic carbocycles. The zero-order valence-corrected chi connectivity index (χ0v) is 10.8. The van der Waals surface area contributed by atoms with Crippen LogP contribution in [0.3, 0.4) is 0 Å². The Bertz CT molecular complexity index is 344. The van der Waals surface area contributed by atoms with Crippen LogP contribution < -0.4 is 10.5 Å². The van der Waals surface area contributed by atoms with Gasteiger partial charge in [0.05, 0.1) is 12.7 Å². The summed E-state index contributed by atoms with van der Waals surface area (Å²) in [4.78, 5) is 0. The topological polar surface area (TPSA) is 55.5 Å². The van der Waals surface area contributed by atoms with Gasteiger partial charge in [0.15, 0.2) is 0 Å². The summed E-state index contributed by atoms with van der Waals surface area (Å²) >= 11 is 0. The van der Waals surface area contributed by atoms with E-state index in [0.717, 1.165) is 17.9 Å². The van der Waals surface area contributed by atoms with Crippen molar-refractivity contribution in [3.63, 3.8) is 0 Å². The lowest BCUT2D eigenvalue weighted by molar-refractivity contribution is 0.186. The van der Waals surface area contributed by atoms with Crippen molar-refractivity contribution in [2.45, 2.75) is 38.2 Å². The molecule has 0 spiro atoms. The molecule has 1 unspecified atom stereocenters. The van der Waals surface area contributed by atoms with E-state index in [0.29, 0.717) is 5.92 Å². The summed E-state index contributed by atoms with van der Waals surface area (Å²) in [5, 5.41) is 9.59. The van der Waals surface area contributed by atoms with Crippen LogP contribution in [0.2, 0.25) is 0 Å². The van der Waals surface area contributed by atoms with Gasteiger partial charge in [0.1, 0.15) is 5.75 Å². The monoisotopic (exact) mass is 249 g/mol. The molecule has 0 radical (unpaired) electrons. The van der Waals surface area contributed by atoms with Gasteiger partial charge in [0.25, 0.3) is 0 Å². The fourth-order valence-electron chi connectivity index (χ4n) is 2.49. The predicted octanol–water partition coefficient (Wildman–Crippen LogP) is 2.64. The zero-order chi connectivity index (χ0) is 12.8. The van der Waals surface area contributed by atoms with E-state index in [9.17, 15) is 5.11 Å². The van der Waals surface area contributed by atoms with Crippen molar-refractivity contribution >= 4 is 0 Å². The van der Waals surface area contributed by atoms with Crippen LogP contribution in [0.25, 0.3) is 0 Å². The highest BCUT2D eigenvalue weighted by atomic mass is 16.5. The molecule has 2 rings (SSSR count). The summed E-state index contributed by atoms with van der Waals surface area (Å²) in [5.41, 5.74) is 6.27. The summed E-state index contributed by atoms with van der Waals surface area (Å²) < 4.78 is 5.80. The lowest BCUT2D eigenvalue weighted by atomic mass is 9.90. The zero-order valence-electron chi connectivity index (χ0n) is 10.8. The van der Waals surface area contributed by atoms with Gasteiger partial charge >= 0.3 is 0 Å². The van der Waals surface area contributed by atoms with Gasteiger partial charge < -0.3 is 15.6 Å². The molecule has 100 valence electrons. The number of hydrogen-bond acceptors (Lipinski definition) is 3. The maximum absolute atomic E-state index is 9.59. The molecule has 1 aliphatic carbocycles. The second-order valence-electron chi connectivity index (χ2n) is 5.14. The van der Waals surface area contributed by atoms with Crippen LogP contribution in [0, 0.1) is 5.92 Å². The summed E-state index contributed by atoms with van der Waals surface area (Å²) in [6.07, 6.45) is 6.08. The first-order valence-corrected chi connectivity index (χ1v) is 6.90. The maximum Gasteiger partial charge on any atom is 0.119 e. The van der Waals surface area contributed by atoms with E-state index in [1.807, 2.05) is 24.3 Å². The van der Waals surface area contributed by atoms with Crippen LogP contribution in [0.1, 0.15) is 43.8 Å². The van der Waals surface area contributed by atoms with Crippen LogP contribution in [0.4, 0.5) is 0 Å². The standard InChI is InChI=1S/C15H23NO2/c16-10-15(17)13-6-8-14(9-7-13)18-11-12-4-2-1-3-5-12/h6-9,12,15,17H,1-5,10-11,16H2. The number of ether oxygens (including phenoxy) is 1. The number of aliphatic hydroxyl groups excluding tert-OH is 1. The van der Waals surface area contributed by atoms with Crippen LogP contribution in [-0.4, -0.2) is 18.3 Å². The molecule has 0 saturated heterocycles. The third-order valence-corrected chi connectivity index (χ3v) is 3.70. The molecule has 0 aromatic heterocycles. The molecule has 1 saturated carbocycles. The number of hydrogen-bond donors (Lipinski definition) is 2. The van der Waals surface area contributed by atoms with Crippen LogP contribution in [0.15, 0.2) is 24.3 Å². The Balaban J connectivity index is 1.82. The van der Waals surface area contributed by atoms with Crippen molar-refractivity contribution in [1.29, 1.82) is 0 Å². The Hall–Kier alpha value is -1.06. The van der Waals surface area contributed by atoms with E-state index in [1.165, 1.54) is 32.1 Å². The van der Waals surface area contributed by atoms with Crippen molar-refractivity contribution < 1.29 is 9.84 Å². The van der Waals surface area contributed by atoms with Crippen molar-refractivity contribution in [3.8, 4) is 5.75 Å². The molecule has 1 atom stereocenters. The fourth-order valence-corrected chi connectivity index (χ4v) is 2.49. The lowest BCUT2D eigenvalue weighted by Crippen LogP contribution is -2.15. The predicted molar refractivity (Wildman–Crippen MR) is 72.5 cm³/mol. The quantitative estimate of drug-likeness (QED) is 0.843. The highest BCUT2D eigenvalue weighted by molar-refractivity contribution is 5.28. The second-order valence-corrected chi connectivity index (χ2v) is 5.14. The van der Waals surface area contributed by atoms with E-state index in [4.69, 9.17) is 10.5 Å². The van der Waals surface area contributed by atoms with Gasteiger partial charge in [0.2, 0.25) is 0 Å². The molecule has 0 bridgehead atoms. The maximum atomic E-state index is 9.59. The molecular formula is C15H23NO2. The minimum absolute atomic E-state index is 0.252. The molecule has 0 heterocycles. The summed E-state index contributed by atoms with van der Waals surface area (Å²) in [6.45, 7) is 1.07. The van der Waals surface area contributed by atoms with E-state index < -0.39 is 6.10 Å². The van der Waals surface area contributed by atoms with Crippen molar-refractivity contribution in [1.82, 2.24) is 0 Å². The highest BCUT2D eigenvalue weighted by Crippen LogP contribution is 2.25. The highest BCUT2D eigenvalue weighted by Gasteiger charge is 2.14. The number of nitrogens with two attached hydrogens (primary N) is 1. The summed E-state index contributed by atoms with van der Waals surface area (Å²) in [6, 6.07) is 7.59. The van der Waals surface area contributed by atoms with E-state index in [1.54, 1.807) is 0 Å². The first-order valence-electron chi connectivity index (χ1n) is 6.90. The van der Waals surface area contributed by atoms with Crippen LogP contribution in [-0.2, 0) is 0 Å². The second kappa shape index (κ2) is 6.76. The van der Waals surface area contributed by atoms with Gasteiger partial charge in [-0.15, -0.1) is 0 Å². The molecule has 3 N–H and O–H groups in total. The van der Waals surface area contributed by atoms with Gasteiger partial charge in [-0.2, -0.15) is 0 Å². The van der Waals surface area contributed by atoms with Gasteiger partial charge in [-0.1, -0.05) is 31.4 Å². The van der Waals surface area contributed by atoms with E-state index >= 15 is 0 Å². The molecule has 1 aromatic rings. The van der Waals surface area contributed by atoms with Gasteiger partial charge in [-0.25, -0.2) is 0 Å². The number of benzene rings is 1. The average Bonchev–Trinajstić information content (AvgIpc) is 2.46. The first kappa shape index (κ1) is 13.4. The average molecular weight is 249 g/mol. The minimum Gasteiger partial charge on any atom is -0.493 e. The third-order valence-electron chi connectivity index (χ3n) is 3.70. The number of rotatable bonds is 5. The van der Waals surface area contributed by atoms with Gasteiger partial charge in [-0.05, 0) is 36.5 Å². The fraction of sp³-hybridized carbons (Fsp3) is 0.600. The van der Waals surface area contributed by atoms with Gasteiger partial charge in [0, 0.05) is 6.54 Å². The largest absolute Gasteiger partial charge is 0.493 e. The molecule has 1 aliphatic rings. The molecule has 3 heteroatoms. The molecule has 1 fully saturated rings. The molecule has 0 amide bonds. The van der Waals surface area contributed by atoms with Gasteiger partial charge in [-0.3, -0.25) is 0 Å². The van der Waals surface area contributed by atoms with E-state index in [-0.39, 0.29) is 6.54 Å². The minimum atomic E-state index is -0.572. The lowest BCUT2D eigenvalue weighted by Gasteiger charge is -2.21. The Morgan fingerprint density at radius 2 is 1.83 bits per heavy atom. The van der Waals surface area contributed by atoms with Crippen molar-refractivity contribution in [2.24, 2.45) is 11.7 Å².